The Morgan fingerprint density at radius 3 is 2.52 bits per heavy atom. The number of nitrogens with two attached hydrogens (primary N) is 1. The molecule has 0 fully saturated rings. The van der Waals surface area contributed by atoms with Gasteiger partial charge in [0, 0.05) is 11.0 Å². The highest BCUT2D eigenvalue weighted by molar-refractivity contribution is 7.16. The van der Waals surface area contributed by atoms with Gasteiger partial charge in [-0.15, -0.1) is 11.3 Å². The third kappa shape index (κ3) is 4.93. The average Bonchev–Trinajstić information content (AvgIpc) is 2.86. The number of thiophene rings is 1. The van der Waals surface area contributed by atoms with Crippen molar-refractivity contribution in [1.29, 1.82) is 0 Å². The van der Waals surface area contributed by atoms with Gasteiger partial charge >= 0.3 is 0 Å². The maximum atomic E-state index is 12.1. The zero-order valence-corrected chi connectivity index (χ0v) is 15.4. The Morgan fingerprint density at radius 1 is 1.24 bits per heavy atom. The van der Waals surface area contributed by atoms with Crippen molar-refractivity contribution >= 4 is 34.2 Å². The minimum atomic E-state index is -0.538. The molecular weight excluding hydrogens is 336 g/mol. The second-order valence-corrected chi connectivity index (χ2v) is 6.82. The molecule has 2 aromatic rings. The molecule has 0 unspecified atom stereocenters. The molecule has 2 amide bonds. The van der Waals surface area contributed by atoms with Crippen LogP contribution in [0.5, 0.6) is 5.75 Å². The van der Waals surface area contributed by atoms with Gasteiger partial charge in [-0.1, -0.05) is 19.1 Å². The van der Waals surface area contributed by atoms with Crippen molar-refractivity contribution in [3.05, 3.63) is 51.9 Å². The highest BCUT2D eigenvalue weighted by Crippen LogP contribution is 2.32. The Kier molecular flexibility index (Phi) is 6.36. The number of carbonyl (C=O) groups excluding carboxylic acids is 2. The molecular formula is C19H22N2O3S. The van der Waals surface area contributed by atoms with E-state index in [9.17, 15) is 9.59 Å². The summed E-state index contributed by atoms with van der Waals surface area (Å²) in [5.41, 5.74) is 7.47. The number of anilines is 1. The molecule has 0 atom stereocenters. The van der Waals surface area contributed by atoms with E-state index in [-0.39, 0.29) is 5.91 Å². The van der Waals surface area contributed by atoms with E-state index in [1.165, 1.54) is 17.4 Å². The molecule has 1 aromatic carbocycles. The lowest BCUT2D eigenvalue weighted by Crippen LogP contribution is -2.16. The third-order valence-corrected chi connectivity index (χ3v) is 4.77. The summed E-state index contributed by atoms with van der Waals surface area (Å²) >= 11 is 1.35. The molecule has 0 aliphatic rings. The van der Waals surface area contributed by atoms with Crippen LogP contribution in [-0.4, -0.2) is 18.4 Å². The number of hydrogen-bond acceptors (Lipinski definition) is 4. The normalized spacial score (nSPS) is 10.8. The summed E-state index contributed by atoms with van der Waals surface area (Å²) in [6.07, 6.45) is 4.09. The van der Waals surface area contributed by atoms with Crippen LogP contribution in [-0.2, 0) is 4.79 Å². The maximum Gasteiger partial charge on any atom is 0.251 e. The first kappa shape index (κ1) is 18.7. The number of nitrogens with one attached hydrogen (secondary N) is 1. The number of hydrogen-bond donors (Lipinski definition) is 2. The van der Waals surface area contributed by atoms with Gasteiger partial charge in [-0.2, -0.15) is 0 Å². The Hall–Kier alpha value is -2.60. The summed E-state index contributed by atoms with van der Waals surface area (Å²) in [6, 6.07) is 7.49. The van der Waals surface area contributed by atoms with Crippen LogP contribution in [0.3, 0.4) is 0 Å². The number of aryl methyl sites for hydroxylation is 1. The number of amides is 2. The first-order valence-electron chi connectivity index (χ1n) is 8.04. The molecule has 0 saturated heterocycles. The molecule has 0 spiro atoms. The fourth-order valence-corrected chi connectivity index (χ4v) is 3.30. The van der Waals surface area contributed by atoms with Crippen LogP contribution < -0.4 is 15.8 Å². The van der Waals surface area contributed by atoms with Gasteiger partial charge in [0.15, 0.2) is 0 Å². The van der Waals surface area contributed by atoms with Crippen LogP contribution in [0.15, 0.2) is 30.3 Å². The smallest absolute Gasteiger partial charge is 0.251 e. The molecule has 0 saturated carbocycles. The van der Waals surface area contributed by atoms with Gasteiger partial charge in [0.05, 0.1) is 12.2 Å². The molecule has 2 rings (SSSR count). The molecule has 132 valence electrons. The quantitative estimate of drug-likeness (QED) is 0.736. The van der Waals surface area contributed by atoms with Gasteiger partial charge in [-0.05, 0) is 49.6 Å². The van der Waals surface area contributed by atoms with E-state index in [1.807, 2.05) is 38.1 Å². The predicted octanol–water partition coefficient (Wildman–Crippen LogP) is 3.90. The highest BCUT2D eigenvalue weighted by atomic mass is 32.1. The Labute approximate surface area is 151 Å². The summed E-state index contributed by atoms with van der Waals surface area (Å²) in [6.45, 7) is 6.44. The topological polar surface area (TPSA) is 81.4 Å². The standard InChI is InChI=1S/C19H22N2O3S/c1-4-11-24-15-8-5-14(6-9-15)7-10-16(22)21-19-17(18(20)23)12(2)13(3)25-19/h5-10H,4,11H2,1-3H3,(H2,20,23)(H,21,22)/b10-7+. The van der Waals surface area contributed by atoms with E-state index in [2.05, 4.69) is 12.2 Å². The van der Waals surface area contributed by atoms with Crippen molar-refractivity contribution in [2.24, 2.45) is 5.73 Å². The molecule has 1 heterocycles. The lowest BCUT2D eigenvalue weighted by atomic mass is 10.1. The van der Waals surface area contributed by atoms with Gasteiger partial charge in [0.1, 0.15) is 10.8 Å². The van der Waals surface area contributed by atoms with Crippen molar-refractivity contribution in [2.45, 2.75) is 27.2 Å². The van der Waals surface area contributed by atoms with E-state index >= 15 is 0 Å². The monoisotopic (exact) mass is 358 g/mol. The zero-order valence-electron chi connectivity index (χ0n) is 14.6. The molecule has 25 heavy (non-hydrogen) atoms. The summed E-state index contributed by atoms with van der Waals surface area (Å²) < 4.78 is 5.52. The zero-order chi connectivity index (χ0) is 18.4. The minimum absolute atomic E-state index is 0.310. The van der Waals surface area contributed by atoms with Gasteiger partial charge in [0.2, 0.25) is 5.91 Å². The van der Waals surface area contributed by atoms with Crippen LogP contribution in [0.4, 0.5) is 5.00 Å². The molecule has 0 aliphatic heterocycles. The summed E-state index contributed by atoms with van der Waals surface area (Å²) in [5, 5.41) is 3.22. The SMILES string of the molecule is CCCOc1ccc(/C=C/C(=O)Nc2sc(C)c(C)c2C(N)=O)cc1. The highest BCUT2D eigenvalue weighted by Gasteiger charge is 2.18. The van der Waals surface area contributed by atoms with Crippen molar-refractivity contribution in [2.75, 3.05) is 11.9 Å². The first-order chi connectivity index (χ1) is 11.9. The Morgan fingerprint density at radius 2 is 1.92 bits per heavy atom. The summed E-state index contributed by atoms with van der Waals surface area (Å²) in [5.74, 6) is -0.0436. The second kappa shape index (κ2) is 8.48. The molecule has 6 heteroatoms. The fourth-order valence-electron chi connectivity index (χ4n) is 2.23. The van der Waals surface area contributed by atoms with Gasteiger partial charge in [0.25, 0.3) is 5.91 Å². The van der Waals surface area contributed by atoms with Crippen molar-refractivity contribution < 1.29 is 14.3 Å². The molecule has 0 radical (unpaired) electrons. The van der Waals surface area contributed by atoms with E-state index < -0.39 is 5.91 Å². The fraction of sp³-hybridized carbons (Fsp3) is 0.263. The van der Waals surface area contributed by atoms with Gasteiger partial charge < -0.3 is 15.8 Å². The molecule has 3 N–H and O–H groups in total. The van der Waals surface area contributed by atoms with E-state index in [0.717, 1.165) is 28.2 Å². The van der Waals surface area contributed by atoms with Crippen LogP contribution >= 0.6 is 11.3 Å². The third-order valence-electron chi connectivity index (χ3n) is 3.65. The van der Waals surface area contributed by atoms with Crippen molar-refractivity contribution in [1.82, 2.24) is 0 Å². The van der Waals surface area contributed by atoms with Crippen LogP contribution in [0, 0.1) is 13.8 Å². The average molecular weight is 358 g/mol. The lowest BCUT2D eigenvalue weighted by Gasteiger charge is -2.04. The largest absolute Gasteiger partial charge is 0.494 e. The van der Waals surface area contributed by atoms with Crippen molar-refractivity contribution in [3.8, 4) is 5.75 Å². The molecule has 5 nitrogen and oxygen atoms in total. The first-order valence-corrected chi connectivity index (χ1v) is 8.85. The molecule has 1 aromatic heterocycles. The number of rotatable bonds is 7. The maximum absolute atomic E-state index is 12.1. The van der Waals surface area contributed by atoms with E-state index in [4.69, 9.17) is 10.5 Å². The van der Waals surface area contributed by atoms with Crippen LogP contribution in [0.1, 0.15) is 39.7 Å². The number of benzene rings is 1. The van der Waals surface area contributed by atoms with E-state index in [0.29, 0.717) is 17.2 Å². The predicted molar refractivity (Wildman–Crippen MR) is 102 cm³/mol. The van der Waals surface area contributed by atoms with E-state index in [1.54, 1.807) is 6.08 Å². The summed E-state index contributed by atoms with van der Waals surface area (Å²) in [4.78, 5) is 24.6. The lowest BCUT2D eigenvalue weighted by molar-refractivity contribution is -0.111. The minimum Gasteiger partial charge on any atom is -0.494 e. The van der Waals surface area contributed by atoms with Crippen molar-refractivity contribution in [3.63, 3.8) is 0 Å². The molecule has 0 bridgehead atoms. The second-order valence-electron chi connectivity index (χ2n) is 5.59. The van der Waals surface area contributed by atoms with Crippen LogP contribution in [0.25, 0.3) is 6.08 Å². The Bertz CT molecular complexity index is 792. The van der Waals surface area contributed by atoms with Gasteiger partial charge in [-0.25, -0.2) is 0 Å². The number of primary amides is 1. The Balaban J connectivity index is 2.04. The van der Waals surface area contributed by atoms with Crippen LogP contribution in [0.2, 0.25) is 0 Å². The molecule has 0 aliphatic carbocycles. The number of ether oxygens (including phenoxy) is 1. The summed E-state index contributed by atoms with van der Waals surface area (Å²) in [7, 11) is 0. The number of carbonyl (C=O) groups is 2. The van der Waals surface area contributed by atoms with Gasteiger partial charge in [-0.3, -0.25) is 9.59 Å².